The maximum Gasteiger partial charge on any atom is 0.239 e. The summed E-state index contributed by atoms with van der Waals surface area (Å²) in [5.41, 5.74) is 0. The lowest BCUT2D eigenvalue weighted by Crippen LogP contribution is -2.39. The number of imide groups is 1. The van der Waals surface area contributed by atoms with Gasteiger partial charge in [0, 0.05) is 26.6 Å². The molecule has 1 N–H and O–H groups in total. The van der Waals surface area contributed by atoms with Gasteiger partial charge in [0.2, 0.25) is 11.8 Å². The summed E-state index contributed by atoms with van der Waals surface area (Å²) in [5, 5.41) is 8.01. The highest BCUT2D eigenvalue weighted by Crippen LogP contribution is 2.22. The maximum atomic E-state index is 11.9. The topological polar surface area (TPSA) is 64.5 Å². The Morgan fingerprint density at radius 2 is 1.94 bits per heavy atom. The van der Waals surface area contributed by atoms with Crippen molar-refractivity contribution in [2.75, 3.05) is 19.6 Å². The van der Waals surface area contributed by atoms with Crippen molar-refractivity contribution in [3.63, 3.8) is 0 Å². The molecule has 5 nitrogen and oxygen atoms in total. The first kappa shape index (κ1) is 11.1. The van der Waals surface area contributed by atoms with Gasteiger partial charge >= 0.3 is 0 Å². The first-order valence-corrected chi connectivity index (χ1v) is 5.76. The van der Waals surface area contributed by atoms with Crippen molar-refractivity contribution in [2.45, 2.75) is 26.2 Å². The smallest absolute Gasteiger partial charge is 0.239 e. The van der Waals surface area contributed by atoms with Crippen LogP contribution in [-0.2, 0) is 9.59 Å². The minimum Gasteiger partial charge on any atom is -0.360 e. The fraction of sp³-hybridized carbons (Fsp3) is 0.727. The summed E-state index contributed by atoms with van der Waals surface area (Å²) >= 11 is 0. The van der Waals surface area contributed by atoms with Crippen molar-refractivity contribution in [3.05, 3.63) is 0 Å². The molecule has 1 atom stereocenters. The number of likely N-dealkylation sites (tertiary alicyclic amines) is 2. The minimum atomic E-state index is -0.387. The predicted octanol–water partition coefficient (Wildman–Crippen LogP) is 0.454. The van der Waals surface area contributed by atoms with Gasteiger partial charge in [0.25, 0.3) is 0 Å². The van der Waals surface area contributed by atoms with Crippen LogP contribution in [-0.4, -0.2) is 47.1 Å². The second-order valence-corrected chi connectivity index (χ2v) is 4.43. The van der Waals surface area contributed by atoms with E-state index in [4.69, 9.17) is 5.41 Å². The second kappa shape index (κ2) is 4.23. The maximum absolute atomic E-state index is 11.9. The highest BCUT2D eigenvalue weighted by molar-refractivity contribution is 6.08. The van der Waals surface area contributed by atoms with Gasteiger partial charge in [-0.05, 0) is 19.3 Å². The van der Waals surface area contributed by atoms with Gasteiger partial charge in [-0.1, -0.05) is 0 Å². The number of carbonyl (C=O) groups excluding carboxylic acids is 2. The molecule has 2 saturated heterocycles. The number of nitrogens with one attached hydrogen (secondary N) is 1. The van der Waals surface area contributed by atoms with Gasteiger partial charge in [-0.15, -0.1) is 0 Å². The molecule has 0 aromatic rings. The molecule has 1 unspecified atom stereocenters. The van der Waals surface area contributed by atoms with E-state index in [0.717, 1.165) is 25.9 Å². The third-order valence-corrected chi connectivity index (χ3v) is 3.36. The summed E-state index contributed by atoms with van der Waals surface area (Å²) in [7, 11) is 0. The van der Waals surface area contributed by atoms with Crippen molar-refractivity contribution in [2.24, 2.45) is 5.92 Å². The van der Waals surface area contributed by atoms with E-state index in [2.05, 4.69) is 0 Å². The lowest BCUT2D eigenvalue weighted by atomic mass is 10.1. The highest BCUT2D eigenvalue weighted by atomic mass is 16.2. The van der Waals surface area contributed by atoms with Crippen LogP contribution in [0.25, 0.3) is 0 Å². The molecule has 2 heterocycles. The molecule has 16 heavy (non-hydrogen) atoms. The average Bonchev–Trinajstić information content (AvgIpc) is 2.84. The Bertz CT molecular complexity index is 334. The zero-order valence-corrected chi connectivity index (χ0v) is 9.53. The van der Waals surface area contributed by atoms with Crippen LogP contribution in [0, 0.1) is 11.3 Å². The van der Waals surface area contributed by atoms with E-state index < -0.39 is 0 Å². The van der Waals surface area contributed by atoms with Crippen LogP contribution in [0.5, 0.6) is 0 Å². The third-order valence-electron chi connectivity index (χ3n) is 3.36. The molecule has 0 spiro atoms. The van der Waals surface area contributed by atoms with Crippen LogP contribution in [0.4, 0.5) is 0 Å². The van der Waals surface area contributed by atoms with E-state index in [1.54, 1.807) is 0 Å². The largest absolute Gasteiger partial charge is 0.360 e. The number of carbonyl (C=O) groups is 2. The Morgan fingerprint density at radius 3 is 2.44 bits per heavy atom. The average molecular weight is 223 g/mol. The summed E-state index contributed by atoms with van der Waals surface area (Å²) < 4.78 is 0. The van der Waals surface area contributed by atoms with Gasteiger partial charge in [0.1, 0.15) is 5.84 Å². The Hall–Kier alpha value is -1.39. The van der Waals surface area contributed by atoms with Crippen molar-refractivity contribution < 1.29 is 9.59 Å². The molecular formula is C11H17N3O2. The summed E-state index contributed by atoms with van der Waals surface area (Å²) in [6, 6.07) is 0. The molecule has 0 saturated carbocycles. The lowest BCUT2D eigenvalue weighted by molar-refractivity contribution is -0.141. The molecule has 88 valence electrons. The van der Waals surface area contributed by atoms with E-state index in [0.29, 0.717) is 18.8 Å². The van der Waals surface area contributed by atoms with Crippen molar-refractivity contribution in [1.82, 2.24) is 9.80 Å². The summed E-state index contributed by atoms with van der Waals surface area (Å²) in [5.74, 6) is -0.376. The van der Waals surface area contributed by atoms with Crippen LogP contribution in [0.2, 0.25) is 0 Å². The molecule has 0 aliphatic carbocycles. The van der Waals surface area contributed by atoms with E-state index in [1.807, 2.05) is 4.90 Å². The minimum absolute atomic E-state index is 0.190. The quantitative estimate of drug-likeness (QED) is 0.518. The number of amidine groups is 1. The van der Waals surface area contributed by atoms with Crippen molar-refractivity contribution >= 4 is 17.6 Å². The molecule has 5 heteroatoms. The molecule has 0 bridgehead atoms. The van der Waals surface area contributed by atoms with Crippen LogP contribution in [0.1, 0.15) is 26.2 Å². The Kier molecular flexibility index (Phi) is 2.94. The number of hydrogen-bond acceptors (Lipinski definition) is 3. The highest BCUT2D eigenvalue weighted by Gasteiger charge is 2.38. The molecule has 0 radical (unpaired) electrons. The van der Waals surface area contributed by atoms with Crippen LogP contribution in [0.3, 0.4) is 0 Å². The van der Waals surface area contributed by atoms with Gasteiger partial charge in [-0.3, -0.25) is 19.9 Å². The zero-order valence-electron chi connectivity index (χ0n) is 9.53. The monoisotopic (exact) mass is 223 g/mol. The lowest BCUT2D eigenvalue weighted by Gasteiger charge is -2.22. The number of rotatable bonds is 1. The van der Waals surface area contributed by atoms with Crippen molar-refractivity contribution in [1.29, 1.82) is 5.41 Å². The number of hydrogen-bond donors (Lipinski definition) is 1. The molecule has 0 aromatic carbocycles. The zero-order chi connectivity index (χ0) is 11.7. The van der Waals surface area contributed by atoms with Gasteiger partial charge in [0.05, 0.1) is 5.92 Å². The van der Waals surface area contributed by atoms with Crippen molar-refractivity contribution in [3.8, 4) is 0 Å². The first-order valence-electron chi connectivity index (χ1n) is 5.76. The van der Waals surface area contributed by atoms with Crippen LogP contribution in [0.15, 0.2) is 0 Å². The van der Waals surface area contributed by atoms with Gasteiger partial charge < -0.3 is 4.90 Å². The Balaban J connectivity index is 2.03. The van der Waals surface area contributed by atoms with E-state index in [1.165, 1.54) is 11.8 Å². The predicted molar refractivity (Wildman–Crippen MR) is 59.0 cm³/mol. The van der Waals surface area contributed by atoms with E-state index >= 15 is 0 Å². The van der Waals surface area contributed by atoms with E-state index in [-0.39, 0.29) is 17.7 Å². The number of nitrogens with zero attached hydrogens (tertiary/aromatic N) is 2. The molecule has 2 amide bonds. The Labute approximate surface area is 94.9 Å². The summed E-state index contributed by atoms with van der Waals surface area (Å²) in [6.45, 7) is 3.63. The molecule has 2 fully saturated rings. The third kappa shape index (κ3) is 1.81. The number of amides is 2. The van der Waals surface area contributed by atoms with Gasteiger partial charge in [-0.2, -0.15) is 0 Å². The van der Waals surface area contributed by atoms with Gasteiger partial charge in [-0.25, -0.2) is 0 Å². The molecule has 0 aromatic heterocycles. The summed E-state index contributed by atoms with van der Waals surface area (Å²) in [6.07, 6.45) is 2.80. The Morgan fingerprint density at radius 1 is 1.31 bits per heavy atom. The molecule has 2 aliphatic heterocycles. The van der Waals surface area contributed by atoms with Crippen LogP contribution >= 0.6 is 0 Å². The second-order valence-electron chi connectivity index (χ2n) is 4.43. The van der Waals surface area contributed by atoms with Crippen LogP contribution < -0.4 is 0 Å². The van der Waals surface area contributed by atoms with Gasteiger partial charge in [0.15, 0.2) is 0 Å². The molecule has 2 aliphatic rings. The molecule has 2 rings (SSSR count). The normalized spacial score (nSPS) is 25.3. The summed E-state index contributed by atoms with van der Waals surface area (Å²) in [4.78, 5) is 26.3. The fourth-order valence-electron chi connectivity index (χ4n) is 2.42. The fourth-order valence-corrected chi connectivity index (χ4v) is 2.42. The molecular weight excluding hydrogens is 206 g/mol. The SMILES string of the molecule is CC(=O)N1CCC(C(=N)N2CCCC2)C1=O. The van der Waals surface area contributed by atoms with E-state index in [9.17, 15) is 9.59 Å². The standard InChI is InChI=1S/C11H17N3O2/c1-8(15)14-7-4-9(11(14)16)10(12)13-5-2-3-6-13/h9,12H,2-7H2,1H3. The first-order chi connectivity index (χ1) is 7.61.